The molecule has 0 aromatic carbocycles. The van der Waals surface area contributed by atoms with Gasteiger partial charge in [0.05, 0.1) is 12.4 Å². The van der Waals surface area contributed by atoms with Crippen LogP contribution in [0.25, 0.3) is 0 Å². The van der Waals surface area contributed by atoms with E-state index in [1.807, 2.05) is 0 Å². The van der Waals surface area contributed by atoms with Gasteiger partial charge in [0.2, 0.25) is 15.3 Å². The first-order valence-electron chi connectivity index (χ1n) is 5.99. The van der Waals surface area contributed by atoms with Gasteiger partial charge in [0.25, 0.3) is 0 Å². The van der Waals surface area contributed by atoms with Crippen molar-refractivity contribution in [2.24, 2.45) is 5.92 Å². The third-order valence-corrected chi connectivity index (χ3v) is 4.96. The number of rotatable bonds is 3. The minimum Gasteiger partial charge on any atom is -0.225 e. The molecule has 1 aromatic rings. The van der Waals surface area contributed by atoms with E-state index in [0.717, 1.165) is 19.3 Å². The van der Waals surface area contributed by atoms with E-state index in [-0.39, 0.29) is 16.2 Å². The summed E-state index contributed by atoms with van der Waals surface area (Å²) in [6.07, 6.45) is 6.63. The fourth-order valence-corrected chi connectivity index (χ4v) is 3.56. The van der Waals surface area contributed by atoms with Crippen LogP contribution in [-0.4, -0.2) is 24.4 Å². The van der Waals surface area contributed by atoms with Gasteiger partial charge in [-0.05, 0) is 30.4 Å². The van der Waals surface area contributed by atoms with E-state index in [1.165, 1.54) is 18.8 Å². The van der Waals surface area contributed by atoms with E-state index in [0.29, 0.717) is 5.92 Å². The molecule has 1 fully saturated rings. The Hall–Kier alpha value is -0.720. The fraction of sp³-hybridized carbons (Fsp3) is 0.636. The molecule has 0 bridgehead atoms. The van der Waals surface area contributed by atoms with Crippen LogP contribution in [0.1, 0.15) is 32.6 Å². The first-order valence-corrected chi connectivity index (χ1v) is 7.85. The number of aromatic nitrogens is 2. The number of halogens is 1. The minimum atomic E-state index is -3.54. The highest BCUT2D eigenvalue weighted by Gasteiger charge is 2.27. The van der Waals surface area contributed by atoms with Gasteiger partial charge in [-0.1, -0.05) is 19.8 Å². The van der Waals surface area contributed by atoms with E-state index in [2.05, 4.69) is 21.6 Å². The van der Waals surface area contributed by atoms with E-state index < -0.39 is 10.0 Å². The second-order valence-corrected chi connectivity index (χ2v) is 6.73. The zero-order valence-corrected chi connectivity index (χ0v) is 11.7. The molecule has 1 heterocycles. The molecule has 1 N–H and O–H groups in total. The molecule has 2 atom stereocenters. The normalized spacial score (nSPS) is 25.0. The quantitative estimate of drug-likeness (QED) is 0.864. The molecule has 2 rings (SSSR count). The van der Waals surface area contributed by atoms with Gasteiger partial charge in [0.1, 0.15) is 4.90 Å². The summed E-state index contributed by atoms with van der Waals surface area (Å²) < 4.78 is 27.0. The van der Waals surface area contributed by atoms with E-state index in [9.17, 15) is 8.42 Å². The monoisotopic (exact) mass is 289 g/mol. The van der Waals surface area contributed by atoms with Crippen molar-refractivity contribution in [2.75, 3.05) is 0 Å². The molecular formula is C11H16ClN3O2S. The van der Waals surface area contributed by atoms with Gasteiger partial charge < -0.3 is 0 Å². The zero-order chi connectivity index (χ0) is 13.2. The summed E-state index contributed by atoms with van der Waals surface area (Å²) in [5, 5.41) is 0.0417. The first kappa shape index (κ1) is 13.7. The van der Waals surface area contributed by atoms with E-state index in [1.54, 1.807) is 0 Å². The van der Waals surface area contributed by atoms with Crippen molar-refractivity contribution in [3.8, 4) is 0 Å². The Morgan fingerprint density at radius 3 is 2.50 bits per heavy atom. The molecule has 1 aliphatic carbocycles. The van der Waals surface area contributed by atoms with Crippen molar-refractivity contribution in [1.82, 2.24) is 14.7 Å². The maximum absolute atomic E-state index is 12.1. The van der Waals surface area contributed by atoms with Crippen LogP contribution in [0.15, 0.2) is 17.3 Å². The number of nitrogens with one attached hydrogen (secondary N) is 1. The van der Waals surface area contributed by atoms with Crippen molar-refractivity contribution < 1.29 is 8.42 Å². The van der Waals surface area contributed by atoms with Crippen LogP contribution in [0.3, 0.4) is 0 Å². The predicted octanol–water partition coefficient (Wildman–Crippen LogP) is 1.99. The molecule has 0 radical (unpaired) electrons. The smallest absolute Gasteiger partial charge is 0.225 e. The molecular weight excluding hydrogens is 274 g/mol. The zero-order valence-electron chi connectivity index (χ0n) is 10.1. The standard InChI is InChI=1S/C11H16ClN3O2S/c1-8-4-2-3-5-10(8)15-18(16,17)9-6-13-11(12)14-7-9/h6-8,10,15H,2-5H2,1H3. The van der Waals surface area contributed by atoms with Crippen LogP contribution in [0.2, 0.25) is 5.28 Å². The molecule has 0 saturated heterocycles. The third-order valence-electron chi connectivity index (χ3n) is 3.32. The van der Waals surface area contributed by atoms with E-state index >= 15 is 0 Å². The van der Waals surface area contributed by atoms with Crippen LogP contribution >= 0.6 is 11.6 Å². The van der Waals surface area contributed by atoms with Gasteiger partial charge in [-0.2, -0.15) is 0 Å². The summed E-state index contributed by atoms with van der Waals surface area (Å²) >= 11 is 5.54. The molecule has 0 amide bonds. The maximum atomic E-state index is 12.1. The molecule has 100 valence electrons. The Labute approximate surface area is 112 Å². The largest absolute Gasteiger partial charge is 0.243 e. The molecule has 1 saturated carbocycles. The van der Waals surface area contributed by atoms with Gasteiger partial charge in [0.15, 0.2) is 0 Å². The predicted molar refractivity (Wildman–Crippen MR) is 68.8 cm³/mol. The average Bonchev–Trinajstić information content (AvgIpc) is 2.32. The summed E-state index contributed by atoms with van der Waals surface area (Å²) in [7, 11) is -3.54. The van der Waals surface area contributed by atoms with Crippen LogP contribution in [-0.2, 0) is 10.0 Å². The topological polar surface area (TPSA) is 72.0 Å². The lowest BCUT2D eigenvalue weighted by atomic mass is 9.87. The second-order valence-electron chi connectivity index (χ2n) is 4.68. The highest BCUT2D eigenvalue weighted by atomic mass is 35.5. The SMILES string of the molecule is CC1CCCCC1NS(=O)(=O)c1cnc(Cl)nc1. The van der Waals surface area contributed by atoms with Crippen LogP contribution in [0.4, 0.5) is 0 Å². The lowest BCUT2D eigenvalue weighted by Crippen LogP contribution is -2.41. The summed E-state index contributed by atoms with van der Waals surface area (Å²) in [5.41, 5.74) is 0. The third kappa shape index (κ3) is 3.18. The highest BCUT2D eigenvalue weighted by Crippen LogP contribution is 2.25. The Morgan fingerprint density at radius 1 is 1.28 bits per heavy atom. The minimum absolute atomic E-state index is 0.000530. The van der Waals surface area contributed by atoms with Crippen molar-refractivity contribution in [3.63, 3.8) is 0 Å². The molecule has 0 spiro atoms. The second kappa shape index (κ2) is 5.50. The number of nitrogens with zero attached hydrogens (tertiary/aromatic N) is 2. The van der Waals surface area contributed by atoms with Gasteiger partial charge in [0, 0.05) is 6.04 Å². The number of hydrogen-bond acceptors (Lipinski definition) is 4. The first-order chi connectivity index (χ1) is 8.49. The summed E-state index contributed by atoms with van der Waals surface area (Å²) in [6.45, 7) is 2.07. The highest BCUT2D eigenvalue weighted by molar-refractivity contribution is 7.89. The summed E-state index contributed by atoms with van der Waals surface area (Å²) in [5.74, 6) is 0.363. The van der Waals surface area contributed by atoms with Crippen molar-refractivity contribution in [3.05, 3.63) is 17.7 Å². The van der Waals surface area contributed by atoms with Crippen molar-refractivity contribution >= 4 is 21.6 Å². The van der Waals surface area contributed by atoms with Gasteiger partial charge in [-0.3, -0.25) is 0 Å². The van der Waals surface area contributed by atoms with Crippen molar-refractivity contribution in [2.45, 2.75) is 43.5 Å². The van der Waals surface area contributed by atoms with Crippen LogP contribution < -0.4 is 4.72 Å². The molecule has 5 nitrogen and oxygen atoms in total. The lowest BCUT2D eigenvalue weighted by molar-refractivity contribution is 0.310. The lowest BCUT2D eigenvalue weighted by Gasteiger charge is -2.29. The molecule has 2 unspecified atom stereocenters. The van der Waals surface area contributed by atoms with Gasteiger partial charge in [-0.25, -0.2) is 23.1 Å². The molecule has 0 aliphatic heterocycles. The Bertz CT molecular complexity index is 504. The summed E-state index contributed by atoms with van der Waals surface area (Å²) in [4.78, 5) is 7.45. The molecule has 18 heavy (non-hydrogen) atoms. The molecule has 7 heteroatoms. The number of hydrogen-bond donors (Lipinski definition) is 1. The molecule has 1 aliphatic rings. The summed E-state index contributed by atoms with van der Waals surface area (Å²) in [6, 6.07) is -0.000530. The maximum Gasteiger partial charge on any atom is 0.243 e. The Kier molecular flexibility index (Phi) is 4.19. The van der Waals surface area contributed by atoms with Gasteiger partial charge >= 0.3 is 0 Å². The fourth-order valence-electron chi connectivity index (χ4n) is 2.20. The van der Waals surface area contributed by atoms with Crippen LogP contribution in [0, 0.1) is 5.92 Å². The Balaban J connectivity index is 2.13. The van der Waals surface area contributed by atoms with E-state index in [4.69, 9.17) is 11.6 Å². The number of sulfonamides is 1. The Morgan fingerprint density at radius 2 is 1.89 bits per heavy atom. The molecule has 1 aromatic heterocycles. The van der Waals surface area contributed by atoms with Crippen molar-refractivity contribution in [1.29, 1.82) is 0 Å². The average molecular weight is 290 g/mol. The van der Waals surface area contributed by atoms with Gasteiger partial charge in [-0.15, -0.1) is 0 Å². The van der Waals surface area contributed by atoms with Crippen LogP contribution in [0.5, 0.6) is 0 Å².